The third kappa shape index (κ3) is 3.32. The van der Waals surface area contributed by atoms with E-state index in [2.05, 4.69) is 70.7 Å². The Morgan fingerprint density at radius 1 is 0.913 bits per heavy atom. The number of rotatable bonds is 4. The molecule has 0 aliphatic carbocycles. The Morgan fingerprint density at radius 3 is 2.48 bits per heavy atom. The van der Waals surface area contributed by atoms with Crippen molar-refractivity contribution >= 4 is 10.9 Å². The van der Waals surface area contributed by atoms with Crippen LogP contribution >= 0.6 is 0 Å². The van der Waals surface area contributed by atoms with Crippen LogP contribution in [0.3, 0.4) is 0 Å². The van der Waals surface area contributed by atoms with Crippen LogP contribution < -0.4 is 0 Å². The summed E-state index contributed by atoms with van der Waals surface area (Å²) in [7, 11) is 0. The minimum atomic E-state index is 0.821. The van der Waals surface area contributed by atoms with Gasteiger partial charge in [-0.1, -0.05) is 48.5 Å². The van der Waals surface area contributed by atoms with Crippen LogP contribution in [0.2, 0.25) is 0 Å². The summed E-state index contributed by atoms with van der Waals surface area (Å²) in [6.07, 6.45) is 6.04. The molecule has 23 heavy (non-hydrogen) atoms. The van der Waals surface area contributed by atoms with Gasteiger partial charge in [0.2, 0.25) is 0 Å². The van der Waals surface area contributed by atoms with Crippen LogP contribution in [0.25, 0.3) is 10.9 Å². The number of likely N-dealkylation sites (tertiary alicyclic amines) is 1. The number of para-hydroxylation sites is 1. The Morgan fingerprint density at radius 2 is 1.65 bits per heavy atom. The molecule has 0 radical (unpaired) electrons. The van der Waals surface area contributed by atoms with Crippen LogP contribution in [0.5, 0.6) is 0 Å². The smallest absolute Gasteiger partial charge is 0.0456 e. The van der Waals surface area contributed by atoms with Gasteiger partial charge in [0.25, 0.3) is 0 Å². The zero-order valence-electron chi connectivity index (χ0n) is 13.5. The highest BCUT2D eigenvalue weighted by molar-refractivity contribution is 5.83. The van der Waals surface area contributed by atoms with Gasteiger partial charge in [-0.05, 0) is 55.5 Å². The van der Waals surface area contributed by atoms with Gasteiger partial charge >= 0.3 is 0 Å². The molecule has 0 spiro atoms. The first-order chi connectivity index (χ1) is 11.4. The van der Waals surface area contributed by atoms with Crippen molar-refractivity contribution in [1.29, 1.82) is 0 Å². The molecule has 1 saturated heterocycles. The SMILES string of the molecule is c1ccc(CN2CCC(Cc3c[nH]c4ccccc34)CC2)cc1. The molecule has 0 saturated carbocycles. The van der Waals surface area contributed by atoms with E-state index in [9.17, 15) is 0 Å². The maximum absolute atomic E-state index is 3.41. The molecule has 2 nitrogen and oxygen atoms in total. The minimum Gasteiger partial charge on any atom is -0.361 e. The van der Waals surface area contributed by atoms with Crippen molar-refractivity contribution in [3.8, 4) is 0 Å². The fourth-order valence-electron chi connectivity index (χ4n) is 3.80. The van der Waals surface area contributed by atoms with E-state index in [1.54, 1.807) is 0 Å². The lowest BCUT2D eigenvalue weighted by molar-refractivity contribution is 0.177. The van der Waals surface area contributed by atoms with Gasteiger partial charge in [-0.15, -0.1) is 0 Å². The van der Waals surface area contributed by atoms with E-state index in [0.717, 1.165) is 12.5 Å². The van der Waals surface area contributed by atoms with E-state index in [1.807, 2.05) is 0 Å². The van der Waals surface area contributed by atoms with Gasteiger partial charge in [-0.3, -0.25) is 4.90 Å². The summed E-state index contributed by atoms with van der Waals surface area (Å²) < 4.78 is 0. The maximum Gasteiger partial charge on any atom is 0.0456 e. The lowest BCUT2D eigenvalue weighted by Crippen LogP contribution is -2.33. The predicted molar refractivity (Wildman–Crippen MR) is 96.4 cm³/mol. The summed E-state index contributed by atoms with van der Waals surface area (Å²) in [5.41, 5.74) is 4.19. The second kappa shape index (κ2) is 6.59. The van der Waals surface area contributed by atoms with E-state index < -0.39 is 0 Å². The molecule has 0 bridgehead atoms. The largest absolute Gasteiger partial charge is 0.361 e. The summed E-state index contributed by atoms with van der Waals surface area (Å²) in [5, 5.41) is 1.40. The van der Waals surface area contributed by atoms with Crippen LogP contribution in [0.15, 0.2) is 60.8 Å². The monoisotopic (exact) mass is 304 g/mol. The molecule has 1 aliphatic heterocycles. The molecule has 1 aromatic heterocycles. The zero-order chi connectivity index (χ0) is 15.5. The molecule has 0 amide bonds. The van der Waals surface area contributed by atoms with Crippen molar-refractivity contribution in [2.75, 3.05) is 13.1 Å². The van der Waals surface area contributed by atoms with Crippen molar-refractivity contribution in [2.24, 2.45) is 5.92 Å². The van der Waals surface area contributed by atoms with Gasteiger partial charge in [0.15, 0.2) is 0 Å². The van der Waals surface area contributed by atoms with Crippen LogP contribution in [0.1, 0.15) is 24.0 Å². The Labute approximate surface area is 138 Å². The van der Waals surface area contributed by atoms with Crippen LogP contribution in [-0.2, 0) is 13.0 Å². The number of H-pyrrole nitrogens is 1. The number of aromatic nitrogens is 1. The zero-order valence-corrected chi connectivity index (χ0v) is 13.5. The molecule has 1 N–H and O–H groups in total. The maximum atomic E-state index is 3.41. The van der Waals surface area contributed by atoms with E-state index in [1.165, 1.54) is 54.4 Å². The summed E-state index contributed by atoms with van der Waals surface area (Å²) in [6, 6.07) is 19.5. The van der Waals surface area contributed by atoms with Gasteiger partial charge in [0, 0.05) is 23.6 Å². The first-order valence-corrected chi connectivity index (χ1v) is 8.70. The van der Waals surface area contributed by atoms with Crippen molar-refractivity contribution in [2.45, 2.75) is 25.8 Å². The highest BCUT2D eigenvalue weighted by Gasteiger charge is 2.20. The second-order valence-electron chi connectivity index (χ2n) is 6.77. The normalized spacial score (nSPS) is 16.9. The molecule has 3 aromatic rings. The summed E-state index contributed by atoms with van der Waals surface area (Å²) in [5.74, 6) is 0.821. The van der Waals surface area contributed by atoms with Crippen molar-refractivity contribution in [1.82, 2.24) is 9.88 Å². The molecule has 2 aromatic carbocycles. The summed E-state index contributed by atoms with van der Waals surface area (Å²) in [6.45, 7) is 3.55. The highest BCUT2D eigenvalue weighted by Crippen LogP contribution is 2.26. The van der Waals surface area contributed by atoms with Gasteiger partial charge in [-0.25, -0.2) is 0 Å². The Hall–Kier alpha value is -2.06. The minimum absolute atomic E-state index is 0.821. The van der Waals surface area contributed by atoms with E-state index in [0.29, 0.717) is 0 Å². The number of aromatic amines is 1. The molecule has 0 atom stereocenters. The second-order valence-corrected chi connectivity index (χ2v) is 6.77. The predicted octanol–water partition coefficient (Wildman–Crippen LogP) is 4.62. The van der Waals surface area contributed by atoms with Gasteiger partial charge < -0.3 is 4.98 Å². The van der Waals surface area contributed by atoms with Crippen LogP contribution in [0.4, 0.5) is 0 Å². The first-order valence-electron chi connectivity index (χ1n) is 8.70. The van der Waals surface area contributed by atoms with Crippen molar-refractivity contribution in [3.63, 3.8) is 0 Å². The molecule has 1 fully saturated rings. The third-order valence-corrected chi connectivity index (χ3v) is 5.14. The number of nitrogens with one attached hydrogen (secondary N) is 1. The molecule has 2 heterocycles. The summed E-state index contributed by atoms with van der Waals surface area (Å²) >= 11 is 0. The van der Waals surface area contributed by atoms with Crippen LogP contribution in [0, 0.1) is 5.92 Å². The van der Waals surface area contributed by atoms with E-state index in [4.69, 9.17) is 0 Å². The lowest BCUT2D eigenvalue weighted by atomic mass is 9.90. The number of hydrogen-bond donors (Lipinski definition) is 1. The molecule has 0 unspecified atom stereocenters. The fraction of sp³-hybridized carbons (Fsp3) is 0.333. The third-order valence-electron chi connectivity index (χ3n) is 5.14. The molecule has 1 aliphatic rings. The quantitative estimate of drug-likeness (QED) is 0.745. The average Bonchev–Trinajstić information content (AvgIpc) is 3.01. The summed E-state index contributed by atoms with van der Waals surface area (Å²) in [4.78, 5) is 6.01. The molecular formula is C21H24N2. The Kier molecular flexibility index (Phi) is 4.16. The standard InChI is InChI=1S/C21H24N2/c1-2-6-18(7-3-1)16-23-12-10-17(11-13-23)14-19-15-22-21-9-5-4-8-20(19)21/h1-9,15,17,22H,10-14,16H2. The first kappa shape index (κ1) is 14.5. The van der Waals surface area contributed by atoms with Crippen LogP contribution in [-0.4, -0.2) is 23.0 Å². The molecular weight excluding hydrogens is 280 g/mol. The molecule has 118 valence electrons. The lowest BCUT2D eigenvalue weighted by Gasteiger charge is -2.32. The van der Waals surface area contributed by atoms with Crippen molar-refractivity contribution in [3.05, 3.63) is 71.9 Å². The van der Waals surface area contributed by atoms with Gasteiger partial charge in [0.1, 0.15) is 0 Å². The van der Waals surface area contributed by atoms with E-state index in [-0.39, 0.29) is 0 Å². The molecule has 4 rings (SSSR count). The number of benzene rings is 2. The van der Waals surface area contributed by atoms with Gasteiger partial charge in [0.05, 0.1) is 0 Å². The van der Waals surface area contributed by atoms with E-state index >= 15 is 0 Å². The van der Waals surface area contributed by atoms with Crippen molar-refractivity contribution < 1.29 is 0 Å². The average molecular weight is 304 g/mol. The highest BCUT2D eigenvalue weighted by atomic mass is 15.1. The number of nitrogens with zero attached hydrogens (tertiary/aromatic N) is 1. The van der Waals surface area contributed by atoms with Gasteiger partial charge in [-0.2, -0.15) is 0 Å². The topological polar surface area (TPSA) is 19.0 Å². The molecule has 2 heteroatoms. The number of fused-ring (bicyclic) bond motifs is 1. The Balaban J connectivity index is 1.35. The number of hydrogen-bond acceptors (Lipinski definition) is 1. The Bertz CT molecular complexity index is 752. The number of piperidine rings is 1. The fourth-order valence-corrected chi connectivity index (χ4v) is 3.80.